The number of hydrogen-bond acceptors (Lipinski definition) is 2. The molecule has 1 aliphatic rings. The summed E-state index contributed by atoms with van der Waals surface area (Å²) in [7, 11) is 0. The van der Waals surface area contributed by atoms with Crippen LogP contribution in [0.3, 0.4) is 0 Å². The zero-order valence-electron chi connectivity index (χ0n) is 8.70. The van der Waals surface area contributed by atoms with E-state index >= 15 is 0 Å². The van der Waals surface area contributed by atoms with Gasteiger partial charge in [0.05, 0.1) is 5.56 Å². The highest BCUT2D eigenvalue weighted by Gasteiger charge is 2.26. The second kappa shape index (κ2) is 4.39. The third kappa shape index (κ3) is 2.25. The summed E-state index contributed by atoms with van der Waals surface area (Å²) in [6, 6.07) is 1.72. The van der Waals surface area contributed by atoms with Gasteiger partial charge in [0.15, 0.2) is 4.67 Å². The fraction of sp³-hybridized carbons (Fsp3) is 0.545. The highest BCUT2D eigenvalue weighted by Crippen LogP contribution is 2.22. The molecule has 0 aliphatic carbocycles. The molecule has 2 heterocycles. The fourth-order valence-corrected chi connectivity index (χ4v) is 2.30. The molecule has 1 aliphatic heterocycles. The monoisotopic (exact) mass is 271 g/mol. The maximum absolute atomic E-state index is 12.0. The molecule has 1 atom stereocenters. The Kier molecular flexibility index (Phi) is 3.14. The molecule has 0 bridgehead atoms. The number of hydrogen-bond donors (Lipinski definition) is 0. The Morgan fingerprint density at radius 1 is 1.73 bits per heavy atom. The number of amides is 1. The lowest BCUT2D eigenvalue weighted by Crippen LogP contribution is -2.28. The van der Waals surface area contributed by atoms with Crippen LogP contribution in [0.2, 0.25) is 0 Å². The van der Waals surface area contributed by atoms with Crippen LogP contribution in [0.15, 0.2) is 21.4 Å². The van der Waals surface area contributed by atoms with Crippen molar-refractivity contribution in [1.29, 1.82) is 0 Å². The molecule has 0 saturated carbocycles. The molecular formula is C11H14BrNO2. The van der Waals surface area contributed by atoms with E-state index in [9.17, 15) is 4.79 Å². The molecule has 0 aromatic carbocycles. The lowest BCUT2D eigenvalue weighted by atomic mass is 10.1. The Morgan fingerprint density at radius 3 is 3.07 bits per heavy atom. The first kappa shape index (κ1) is 10.7. The number of carbonyl (C=O) groups excluding carboxylic acids is 1. The standard InChI is InChI=1S/C11H14BrNO2/c1-2-8-3-4-13(6-8)11(14)9-5-10(12)15-7-9/h5,7-8H,2-4,6H2,1H3. The van der Waals surface area contributed by atoms with Gasteiger partial charge < -0.3 is 9.32 Å². The van der Waals surface area contributed by atoms with Crippen LogP contribution in [0.1, 0.15) is 30.1 Å². The van der Waals surface area contributed by atoms with Gasteiger partial charge in [0.2, 0.25) is 0 Å². The summed E-state index contributed by atoms with van der Waals surface area (Å²) in [6.07, 6.45) is 3.78. The zero-order valence-corrected chi connectivity index (χ0v) is 10.3. The average Bonchev–Trinajstić information content (AvgIpc) is 2.84. The highest BCUT2D eigenvalue weighted by molar-refractivity contribution is 9.10. The maximum atomic E-state index is 12.0. The van der Waals surface area contributed by atoms with Crippen LogP contribution in [0.4, 0.5) is 0 Å². The minimum absolute atomic E-state index is 0.0837. The van der Waals surface area contributed by atoms with E-state index in [0.29, 0.717) is 16.2 Å². The second-order valence-electron chi connectivity index (χ2n) is 3.95. The van der Waals surface area contributed by atoms with Gasteiger partial charge in [-0.2, -0.15) is 0 Å². The molecule has 4 heteroatoms. The number of likely N-dealkylation sites (tertiary alicyclic amines) is 1. The quantitative estimate of drug-likeness (QED) is 0.829. The Balaban J connectivity index is 2.03. The molecule has 0 N–H and O–H groups in total. The molecule has 82 valence electrons. The minimum atomic E-state index is 0.0837. The summed E-state index contributed by atoms with van der Waals surface area (Å²) in [6.45, 7) is 3.94. The van der Waals surface area contributed by atoms with Crippen molar-refractivity contribution in [3.63, 3.8) is 0 Å². The third-order valence-electron chi connectivity index (χ3n) is 2.96. The Bertz CT molecular complexity index is 361. The number of nitrogens with zero attached hydrogens (tertiary/aromatic N) is 1. The topological polar surface area (TPSA) is 33.5 Å². The van der Waals surface area contributed by atoms with Gasteiger partial charge in [-0.15, -0.1) is 0 Å². The molecule has 3 nitrogen and oxygen atoms in total. The van der Waals surface area contributed by atoms with Gasteiger partial charge in [-0.25, -0.2) is 0 Å². The number of halogens is 1. The average molecular weight is 272 g/mol. The van der Waals surface area contributed by atoms with E-state index < -0.39 is 0 Å². The van der Waals surface area contributed by atoms with Crippen LogP contribution in [0, 0.1) is 5.92 Å². The molecular weight excluding hydrogens is 258 g/mol. The Labute approximate surface area is 97.6 Å². The summed E-state index contributed by atoms with van der Waals surface area (Å²) < 4.78 is 5.68. The summed E-state index contributed by atoms with van der Waals surface area (Å²) in [5.41, 5.74) is 0.638. The van der Waals surface area contributed by atoms with Crippen molar-refractivity contribution in [2.75, 3.05) is 13.1 Å². The van der Waals surface area contributed by atoms with Crippen LogP contribution >= 0.6 is 15.9 Å². The van der Waals surface area contributed by atoms with Crippen LogP contribution in [0.25, 0.3) is 0 Å². The van der Waals surface area contributed by atoms with Gasteiger partial charge in [0, 0.05) is 19.2 Å². The van der Waals surface area contributed by atoms with Crippen molar-refractivity contribution in [1.82, 2.24) is 4.90 Å². The predicted molar refractivity (Wildman–Crippen MR) is 60.7 cm³/mol. The van der Waals surface area contributed by atoms with Crippen molar-refractivity contribution >= 4 is 21.8 Å². The molecule has 15 heavy (non-hydrogen) atoms. The summed E-state index contributed by atoms with van der Waals surface area (Å²) in [5, 5.41) is 0. The van der Waals surface area contributed by atoms with Crippen molar-refractivity contribution in [3.8, 4) is 0 Å². The van der Waals surface area contributed by atoms with E-state index in [4.69, 9.17) is 4.42 Å². The number of rotatable bonds is 2. The summed E-state index contributed by atoms with van der Waals surface area (Å²) in [5.74, 6) is 0.754. The lowest BCUT2D eigenvalue weighted by molar-refractivity contribution is 0.0786. The zero-order chi connectivity index (χ0) is 10.8. The SMILES string of the molecule is CCC1CCN(C(=O)c2coc(Br)c2)C1. The molecule has 1 amide bonds. The lowest BCUT2D eigenvalue weighted by Gasteiger charge is -2.14. The molecule has 1 unspecified atom stereocenters. The summed E-state index contributed by atoms with van der Waals surface area (Å²) in [4.78, 5) is 13.9. The van der Waals surface area contributed by atoms with Crippen molar-refractivity contribution in [3.05, 3.63) is 22.6 Å². The first-order valence-electron chi connectivity index (χ1n) is 5.24. The maximum Gasteiger partial charge on any atom is 0.257 e. The first-order chi connectivity index (χ1) is 7.20. The Hall–Kier alpha value is -0.770. The van der Waals surface area contributed by atoms with Gasteiger partial charge in [-0.1, -0.05) is 13.3 Å². The van der Waals surface area contributed by atoms with E-state index in [1.54, 1.807) is 6.07 Å². The van der Waals surface area contributed by atoms with E-state index in [-0.39, 0.29) is 5.91 Å². The van der Waals surface area contributed by atoms with E-state index in [2.05, 4.69) is 22.9 Å². The van der Waals surface area contributed by atoms with Crippen LogP contribution < -0.4 is 0 Å². The van der Waals surface area contributed by atoms with E-state index in [1.165, 1.54) is 6.26 Å². The van der Waals surface area contributed by atoms with Crippen LogP contribution in [-0.4, -0.2) is 23.9 Å². The molecule has 1 saturated heterocycles. The molecule has 2 rings (SSSR count). The molecule has 1 fully saturated rings. The highest BCUT2D eigenvalue weighted by atomic mass is 79.9. The molecule has 0 radical (unpaired) electrons. The van der Waals surface area contributed by atoms with E-state index in [1.807, 2.05) is 4.90 Å². The van der Waals surface area contributed by atoms with Gasteiger partial charge in [-0.05, 0) is 28.3 Å². The van der Waals surface area contributed by atoms with E-state index in [0.717, 1.165) is 25.9 Å². The molecule has 1 aromatic rings. The molecule has 1 aromatic heterocycles. The van der Waals surface area contributed by atoms with Gasteiger partial charge in [0.25, 0.3) is 5.91 Å². The Morgan fingerprint density at radius 2 is 2.53 bits per heavy atom. The predicted octanol–water partition coefficient (Wildman–Crippen LogP) is 2.91. The largest absolute Gasteiger partial charge is 0.457 e. The van der Waals surface area contributed by atoms with Gasteiger partial charge >= 0.3 is 0 Å². The number of carbonyl (C=O) groups is 1. The normalized spacial score (nSPS) is 20.9. The minimum Gasteiger partial charge on any atom is -0.457 e. The third-order valence-corrected chi connectivity index (χ3v) is 3.38. The van der Waals surface area contributed by atoms with Crippen molar-refractivity contribution in [2.45, 2.75) is 19.8 Å². The second-order valence-corrected chi connectivity index (χ2v) is 4.74. The first-order valence-corrected chi connectivity index (χ1v) is 6.03. The van der Waals surface area contributed by atoms with Crippen molar-refractivity contribution < 1.29 is 9.21 Å². The van der Waals surface area contributed by atoms with Crippen LogP contribution in [-0.2, 0) is 0 Å². The fourth-order valence-electron chi connectivity index (χ4n) is 1.96. The number of furan rings is 1. The van der Waals surface area contributed by atoms with Crippen LogP contribution in [0.5, 0.6) is 0 Å². The van der Waals surface area contributed by atoms with Gasteiger partial charge in [-0.3, -0.25) is 4.79 Å². The molecule has 0 spiro atoms. The summed E-state index contributed by atoms with van der Waals surface area (Å²) >= 11 is 3.20. The van der Waals surface area contributed by atoms with Gasteiger partial charge in [0.1, 0.15) is 6.26 Å². The van der Waals surface area contributed by atoms with Crippen molar-refractivity contribution in [2.24, 2.45) is 5.92 Å². The smallest absolute Gasteiger partial charge is 0.257 e.